The first kappa shape index (κ1) is 8.92. The van der Waals surface area contributed by atoms with Crippen molar-refractivity contribution >= 4 is 11.0 Å². The predicted octanol–water partition coefficient (Wildman–Crippen LogP) is 2.64. The Kier molecular flexibility index (Phi) is 2.18. The largest absolute Gasteiger partial charge is 0.356 e. The van der Waals surface area contributed by atoms with Gasteiger partial charge in [0, 0.05) is 11.4 Å². The van der Waals surface area contributed by atoms with Crippen molar-refractivity contribution in [1.29, 1.82) is 0 Å². The maximum absolute atomic E-state index is 5.17. The normalized spacial score (nSPS) is 22.0. The highest BCUT2D eigenvalue weighted by atomic mass is 16.5. The number of aromatic nitrogens is 1. The summed E-state index contributed by atoms with van der Waals surface area (Å²) < 4.78 is 5.17. The lowest BCUT2D eigenvalue weighted by molar-refractivity contribution is 0.414. The number of hydrogen-bond donors (Lipinski definition) is 1. The van der Waals surface area contributed by atoms with E-state index < -0.39 is 0 Å². The van der Waals surface area contributed by atoms with Crippen LogP contribution in [0.15, 0.2) is 28.9 Å². The molecule has 2 heterocycles. The second-order valence-electron chi connectivity index (χ2n) is 4.09. The fourth-order valence-electron chi connectivity index (χ4n) is 2.34. The van der Waals surface area contributed by atoms with E-state index in [1.807, 2.05) is 18.3 Å². The van der Waals surface area contributed by atoms with Gasteiger partial charge >= 0.3 is 0 Å². The third-order valence-corrected chi connectivity index (χ3v) is 3.12. The van der Waals surface area contributed by atoms with Crippen molar-refractivity contribution in [3.8, 4) is 0 Å². The summed E-state index contributed by atoms with van der Waals surface area (Å²) in [5.41, 5.74) is 2.22. The van der Waals surface area contributed by atoms with Gasteiger partial charge in [0.25, 0.3) is 0 Å². The van der Waals surface area contributed by atoms with Crippen LogP contribution < -0.4 is 5.32 Å². The average Bonchev–Trinajstić information content (AvgIpc) is 2.78. The van der Waals surface area contributed by atoms with E-state index in [0.29, 0.717) is 6.04 Å². The van der Waals surface area contributed by atoms with Crippen molar-refractivity contribution in [2.24, 2.45) is 0 Å². The molecule has 1 aliphatic rings. The lowest BCUT2D eigenvalue weighted by Crippen LogP contribution is -2.26. The molecule has 0 bridgehead atoms. The number of nitrogens with one attached hydrogen (secondary N) is 1. The molecule has 0 spiro atoms. The van der Waals surface area contributed by atoms with Crippen molar-refractivity contribution in [2.75, 3.05) is 6.54 Å². The summed E-state index contributed by atoms with van der Waals surface area (Å²) in [6.45, 7) is 1.12. The summed E-state index contributed by atoms with van der Waals surface area (Å²) in [4.78, 5) is 0. The predicted molar refractivity (Wildman–Crippen MR) is 58.6 cm³/mol. The van der Waals surface area contributed by atoms with Crippen LogP contribution in [0, 0.1) is 0 Å². The molecule has 1 atom stereocenters. The fraction of sp³-hybridized carbons (Fsp3) is 0.417. The molecule has 1 aromatic carbocycles. The standard InChI is InChI=1S/C12H14N2O/c1-2-7-13-11(5-1)9-4-3-6-12-10(9)8-14-15-12/h3-4,6,8,11,13H,1-2,5,7H2. The monoisotopic (exact) mass is 202 g/mol. The van der Waals surface area contributed by atoms with Gasteiger partial charge in [0.15, 0.2) is 5.58 Å². The number of fused-ring (bicyclic) bond motifs is 1. The summed E-state index contributed by atoms with van der Waals surface area (Å²) in [5, 5.41) is 8.55. The molecule has 1 saturated heterocycles. The van der Waals surface area contributed by atoms with Gasteiger partial charge in [-0.3, -0.25) is 0 Å². The van der Waals surface area contributed by atoms with E-state index in [9.17, 15) is 0 Å². The molecular formula is C12H14N2O. The Hall–Kier alpha value is -1.35. The highest BCUT2D eigenvalue weighted by Gasteiger charge is 2.17. The maximum Gasteiger partial charge on any atom is 0.167 e. The number of piperidine rings is 1. The summed E-state index contributed by atoms with van der Waals surface area (Å²) in [6, 6.07) is 6.65. The topological polar surface area (TPSA) is 38.1 Å². The van der Waals surface area contributed by atoms with Gasteiger partial charge in [-0.15, -0.1) is 0 Å². The van der Waals surface area contributed by atoms with Crippen molar-refractivity contribution < 1.29 is 4.52 Å². The lowest BCUT2D eigenvalue weighted by atomic mass is 9.95. The zero-order valence-electron chi connectivity index (χ0n) is 8.57. The Morgan fingerprint density at radius 1 is 1.33 bits per heavy atom. The zero-order valence-corrected chi connectivity index (χ0v) is 8.57. The van der Waals surface area contributed by atoms with E-state index in [4.69, 9.17) is 4.52 Å². The van der Waals surface area contributed by atoms with Crippen molar-refractivity contribution in [1.82, 2.24) is 10.5 Å². The average molecular weight is 202 g/mol. The molecule has 3 rings (SSSR count). The van der Waals surface area contributed by atoms with Gasteiger partial charge < -0.3 is 9.84 Å². The van der Waals surface area contributed by atoms with Crippen LogP contribution in [0.1, 0.15) is 30.9 Å². The molecule has 1 fully saturated rings. The van der Waals surface area contributed by atoms with Crippen LogP contribution in [0.25, 0.3) is 11.0 Å². The molecule has 1 aliphatic heterocycles. The van der Waals surface area contributed by atoms with Crippen LogP contribution in [-0.4, -0.2) is 11.7 Å². The summed E-state index contributed by atoms with van der Waals surface area (Å²) in [5.74, 6) is 0. The molecule has 0 amide bonds. The maximum atomic E-state index is 5.17. The van der Waals surface area contributed by atoms with Crippen LogP contribution >= 0.6 is 0 Å². The minimum absolute atomic E-state index is 0.474. The Morgan fingerprint density at radius 3 is 3.20 bits per heavy atom. The molecule has 78 valence electrons. The molecule has 1 unspecified atom stereocenters. The minimum Gasteiger partial charge on any atom is -0.356 e. The number of benzene rings is 1. The highest BCUT2D eigenvalue weighted by molar-refractivity contribution is 5.80. The molecule has 15 heavy (non-hydrogen) atoms. The summed E-state index contributed by atoms with van der Waals surface area (Å²) >= 11 is 0. The minimum atomic E-state index is 0.474. The zero-order chi connectivity index (χ0) is 10.1. The first-order valence-corrected chi connectivity index (χ1v) is 5.52. The van der Waals surface area contributed by atoms with Gasteiger partial charge in [0.05, 0.1) is 6.20 Å². The van der Waals surface area contributed by atoms with Crippen LogP contribution in [-0.2, 0) is 0 Å². The Labute approximate surface area is 88.4 Å². The first-order chi connectivity index (χ1) is 7.45. The quantitative estimate of drug-likeness (QED) is 0.772. The molecule has 3 nitrogen and oxygen atoms in total. The molecule has 1 aromatic heterocycles. The van der Waals surface area contributed by atoms with E-state index in [2.05, 4.69) is 16.5 Å². The second-order valence-corrected chi connectivity index (χ2v) is 4.09. The van der Waals surface area contributed by atoms with Crippen LogP contribution in [0.2, 0.25) is 0 Å². The van der Waals surface area contributed by atoms with E-state index in [0.717, 1.165) is 17.5 Å². The van der Waals surface area contributed by atoms with Gasteiger partial charge in [-0.25, -0.2) is 0 Å². The van der Waals surface area contributed by atoms with Crippen molar-refractivity contribution in [3.05, 3.63) is 30.0 Å². The Bertz CT molecular complexity index is 457. The molecule has 0 aliphatic carbocycles. The van der Waals surface area contributed by atoms with E-state index in [1.165, 1.54) is 24.8 Å². The number of rotatable bonds is 1. The van der Waals surface area contributed by atoms with Gasteiger partial charge in [0.1, 0.15) is 0 Å². The Balaban J connectivity index is 2.05. The molecule has 0 radical (unpaired) electrons. The first-order valence-electron chi connectivity index (χ1n) is 5.52. The number of hydrogen-bond acceptors (Lipinski definition) is 3. The Morgan fingerprint density at radius 2 is 2.33 bits per heavy atom. The van der Waals surface area contributed by atoms with Crippen LogP contribution in [0.4, 0.5) is 0 Å². The van der Waals surface area contributed by atoms with Gasteiger partial charge in [0.2, 0.25) is 0 Å². The fourth-order valence-corrected chi connectivity index (χ4v) is 2.34. The molecule has 3 heteroatoms. The summed E-state index contributed by atoms with van der Waals surface area (Å²) in [6.07, 6.45) is 5.63. The van der Waals surface area contributed by atoms with Crippen LogP contribution in [0.5, 0.6) is 0 Å². The third-order valence-electron chi connectivity index (χ3n) is 3.12. The van der Waals surface area contributed by atoms with Gasteiger partial charge in [-0.1, -0.05) is 23.7 Å². The molecule has 1 N–H and O–H groups in total. The highest BCUT2D eigenvalue weighted by Crippen LogP contribution is 2.28. The molecular weight excluding hydrogens is 188 g/mol. The van der Waals surface area contributed by atoms with Gasteiger partial charge in [-0.2, -0.15) is 0 Å². The van der Waals surface area contributed by atoms with Crippen LogP contribution in [0.3, 0.4) is 0 Å². The van der Waals surface area contributed by atoms with Crippen molar-refractivity contribution in [2.45, 2.75) is 25.3 Å². The number of nitrogens with zero attached hydrogens (tertiary/aromatic N) is 1. The van der Waals surface area contributed by atoms with Crippen molar-refractivity contribution in [3.63, 3.8) is 0 Å². The lowest BCUT2D eigenvalue weighted by Gasteiger charge is -2.24. The summed E-state index contributed by atoms with van der Waals surface area (Å²) in [7, 11) is 0. The van der Waals surface area contributed by atoms with E-state index >= 15 is 0 Å². The molecule has 2 aromatic rings. The second kappa shape index (κ2) is 3.66. The molecule has 0 saturated carbocycles. The van der Waals surface area contributed by atoms with Gasteiger partial charge in [-0.05, 0) is 31.0 Å². The third kappa shape index (κ3) is 1.53. The van der Waals surface area contributed by atoms with E-state index in [1.54, 1.807) is 0 Å². The smallest absolute Gasteiger partial charge is 0.167 e. The SMILES string of the molecule is c1cc(C2CCCCN2)c2cnoc2c1. The van der Waals surface area contributed by atoms with E-state index in [-0.39, 0.29) is 0 Å².